The van der Waals surface area contributed by atoms with Crippen LogP contribution in [0.4, 0.5) is 4.79 Å². The summed E-state index contributed by atoms with van der Waals surface area (Å²) in [7, 11) is 0. The first-order valence-corrected chi connectivity index (χ1v) is 5.72. The number of fused-ring (bicyclic) bond motifs is 1. The Balaban J connectivity index is 2.23. The van der Waals surface area contributed by atoms with E-state index in [-0.39, 0.29) is 5.78 Å². The molecule has 0 radical (unpaired) electrons. The topological polar surface area (TPSA) is 61.2 Å². The average Bonchev–Trinajstić information content (AvgIpc) is 2.60. The van der Waals surface area contributed by atoms with Crippen LogP contribution in [0.3, 0.4) is 0 Å². The summed E-state index contributed by atoms with van der Waals surface area (Å²) in [4.78, 5) is 23.3. The monoisotopic (exact) mass is 236 g/mol. The van der Waals surface area contributed by atoms with Crippen molar-refractivity contribution in [3.05, 3.63) is 17.5 Å². The number of carbonyl (C=O) groups excluding carboxylic acids is 2. The molecule has 0 N–H and O–H groups in total. The van der Waals surface area contributed by atoms with Crippen LogP contribution in [0.5, 0.6) is 0 Å². The van der Waals surface area contributed by atoms with Crippen molar-refractivity contribution < 1.29 is 14.3 Å². The van der Waals surface area contributed by atoms with Crippen LogP contribution in [0.15, 0.2) is 6.20 Å². The second kappa shape index (κ2) is 3.98. The molecule has 0 fully saturated rings. The molecule has 0 bridgehead atoms. The van der Waals surface area contributed by atoms with Crippen molar-refractivity contribution in [1.82, 2.24) is 9.78 Å². The van der Waals surface area contributed by atoms with Crippen LogP contribution in [0, 0.1) is 0 Å². The molecule has 0 unspecified atom stereocenters. The Morgan fingerprint density at radius 2 is 2.12 bits per heavy atom. The van der Waals surface area contributed by atoms with E-state index in [9.17, 15) is 9.59 Å². The van der Waals surface area contributed by atoms with Gasteiger partial charge in [-0.1, -0.05) is 0 Å². The highest BCUT2D eigenvalue weighted by molar-refractivity contribution is 5.96. The Hall–Kier alpha value is -1.65. The number of ketones is 1. The fourth-order valence-corrected chi connectivity index (χ4v) is 1.79. The molecule has 1 aromatic heterocycles. The maximum absolute atomic E-state index is 11.8. The summed E-state index contributed by atoms with van der Waals surface area (Å²) in [5.41, 5.74) is 0.697. The fraction of sp³-hybridized carbons (Fsp3) is 0.583. The number of carbonyl (C=O) groups is 2. The van der Waals surface area contributed by atoms with E-state index in [4.69, 9.17) is 4.74 Å². The van der Waals surface area contributed by atoms with E-state index in [2.05, 4.69) is 5.10 Å². The van der Waals surface area contributed by atoms with Crippen molar-refractivity contribution in [1.29, 1.82) is 0 Å². The summed E-state index contributed by atoms with van der Waals surface area (Å²) < 4.78 is 6.31. The number of hydrogen-bond donors (Lipinski definition) is 0. The van der Waals surface area contributed by atoms with Gasteiger partial charge in [0.1, 0.15) is 11.3 Å². The highest BCUT2D eigenvalue weighted by Crippen LogP contribution is 2.20. The van der Waals surface area contributed by atoms with Gasteiger partial charge in [-0.05, 0) is 33.6 Å². The summed E-state index contributed by atoms with van der Waals surface area (Å²) in [6.45, 7) is 5.37. The SMILES string of the molecule is CC(C)(C)OC(=O)n1cc2c(n1)C(=O)CCC2. The molecule has 0 spiro atoms. The number of Topliss-reactive ketones (excluding diaryl/α,β-unsaturated/α-hetero) is 1. The lowest BCUT2D eigenvalue weighted by molar-refractivity contribution is 0.0514. The van der Waals surface area contributed by atoms with E-state index in [1.165, 1.54) is 0 Å². The number of ether oxygens (including phenoxy) is 1. The van der Waals surface area contributed by atoms with E-state index in [0.29, 0.717) is 12.1 Å². The predicted octanol–water partition coefficient (Wildman–Crippen LogP) is 2.19. The van der Waals surface area contributed by atoms with Crippen molar-refractivity contribution in [2.45, 2.75) is 45.6 Å². The second-order valence-corrected chi connectivity index (χ2v) is 5.20. The van der Waals surface area contributed by atoms with Gasteiger partial charge in [0.25, 0.3) is 0 Å². The quantitative estimate of drug-likeness (QED) is 0.692. The van der Waals surface area contributed by atoms with Gasteiger partial charge >= 0.3 is 6.09 Å². The minimum Gasteiger partial charge on any atom is -0.442 e. The first kappa shape index (κ1) is 11.8. The van der Waals surface area contributed by atoms with Gasteiger partial charge in [-0.3, -0.25) is 4.79 Å². The molecular formula is C12H16N2O3. The summed E-state index contributed by atoms with van der Waals surface area (Å²) in [6, 6.07) is 0. The molecule has 0 aliphatic heterocycles. The molecule has 5 heteroatoms. The highest BCUT2D eigenvalue weighted by atomic mass is 16.6. The van der Waals surface area contributed by atoms with E-state index in [0.717, 1.165) is 23.1 Å². The zero-order valence-corrected chi connectivity index (χ0v) is 10.3. The highest BCUT2D eigenvalue weighted by Gasteiger charge is 2.25. The third-order valence-corrected chi connectivity index (χ3v) is 2.48. The van der Waals surface area contributed by atoms with Crippen molar-refractivity contribution in [2.75, 3.05) is 0 Å². The maximum Gasteiger partial charge on any atom is 0.435 e. The van der Waals surface area contributed by atoms with Gasteiger partial charge in [0.15, 0.2) is 5.78 Å². The van der Waals surface area contributed by atoms with Gasteiger partial charge in [-0.15, -0.1) is 0 Å². The summed E-state index contributed by atoms with van der Waals surface area (Å²) in [5, 5.41) is 4.01. The molecule has 1 aliphatic rings. The van der Waals surface area contributed by atoms with Crippen molar-refractivity contribution in [2.24, 2.45) is 0 Å². The molecular weight excluding hydrogens is 220 g/mol. The number of nitrogens with zero attached hydrogens (tertiary/aromatic N) is 2. The third-order valence-electron chi connectivity index (χ3n) is 2.48. The average molecular weight is 236 g/mol. The Kier molecular flexibility index (Phi) is 2.77. The summed E-state index contributed by atoms with van der Waals surface area (Å²) in [6.07, 6.45) is 3.19. The number of aromatic nitrogens is 2. The lowest BCUT2D eigenvalue weighted by Gasteiger charge is -2.18. The zero-order chi connectivity index (χ0) is 12.6. The smallest absolute Gasteiger partial charge is 0.435 e. The van der Waals surface area contributed by atoms with E-state index in [1.807, 2.05) is 0 Å². The van der Waals surface area contributed by atoms with Gasteiger partial charge in [0.05, 0.1) is 0 Å². The minimum atomic E-state index is -0.562. The fourth-order valence-electron chi connectivity index (χ4n) is 1.79. The number of aryl methyl sites for hydroxylation is 1. The van der Waals surface area contributed by atoms with Crippen LogP contribution < -0.4 is 0 Å². The van der Waals surface area contributed by atoms with Crippen LogP contribution in [-0.2, 0) is 11.2 Å². The van der Waals surface area contributed by atoms with E-state index >= 15 is 0 Å². The van der Waals surface area contributed by atoms with Gasteiger partial charge in [-0.25, -0.2) is 4.79 Å². The molecule has 0 saturated carbocycles. The van der Waals surface area contributed by atoms with Crippen LogP contribution >= 0.6 is 0 Å². The third kappa shape index (κ3) is 2.54. The van der Waals surface area contributed by atoms with Gasteiger partial charge in [0.2, 0.25) is 0 Å². The molecule has 1 aliphatic carbocycles. The van der Waals surface area contributed by atoms with Crippen molar-refractivity contribution >= 4 is 11.9 Å². The lowest BCUT2D eigenvalue weighted by atomic mass is 9.97. The van der Waals surface area contributed by atoms with Gasteiger partial charge in [0, 0.05) is 18.2 Å². The molecule has 0 saturated heterocycles. The first-order chi connectivity index (χ1) is 7.87. The molecule has 0 amide bonds. The van der Waals surface area contributed by atoms with Gasteiger partial charge in [-0.2, -0.15) is 9.78 Å². The van der Waals surface area contributed by atoms with Crippen molar-refractivity contribution in [3.63, 3.8) is 0 Å². The van der Waals surface area contributed by atoms with Crippen LogP contribution in [0.1, 0.15) is 49.7 Å². The maximum atomic E-state index is 11.8. The number of rotatable bonds is 0. The first-order valence-electron chi connectivity index (χ1n) is 5.72. The molecule has 0 aromatic carbocycles. The largest absolute Gasteiger partial charge is 0.442 e. The molecule has 5 nitrogen and oxygen atoms in total. The Morgan fingerprint density at radius 3 is 2.71 bits per heavy atom. The molecule has 2 rings (SSSR count). The van der Waals surface area contributed by atoms with Gasteiger partial charge < -0.3 is 4.74 Å². The predicted molar refractivity (Wildman–Crippen MR) is 61.1 cm³/mol. The van der Waals surface area contributed by atoms with Crippen LogP contribution in [0.2, 0.25) is 0 Å². The minimum absolute atomic E-state index is 0.00792. The molecule has 0 atom stereocenters. The Morgan fingerprint density at radius 1 is 1.41 bits per heavy atom. The summed E-state index contributed by atoms with van der Waals surface area (Å²) in [5.74, 6) is 0.00792. The standard InChI is InChI=1S/C12H16N2O3/c1-12(2,3)17-11(16)14-7-8-5-4-6-9(15)10(8)13-14/h7H,4-6H2,1-3H3. The lowest BCUT2D eigenvalue weighted by Crippen LogP contribution is -2.27. The number of hydrogen-bond acceptors (Lipinski definition) is 4. The van der Waals surface area contributed by atoms with Crippen LogP contribution in [0.25, 0.3) is 0 Å². The van der Waals surface area contributed by atoms with E-state index < -0.39 is 11.7 Å². The van der Waals surface area contributed by atoms with Crippen molar-refractivity contribution in [3.8, 4) is 0 Å². The Labute approximate surface area is 99.8 Å². The molecule has 1 heterocycles. The molecule has 92 valence electrons. The molecule has 17 heavy (non-hydrogen) atoms. The summed E-state index contributed by atoms with van der Waals surface area (Å²) >= 11 is 0. The second-order valence-electron chi connectivity index (χ2n) is 5.20. The Bertz CT molecular complexity index is 469. The normalized spacial score (nSPS) is 15.6. The van der Waals surface area contributed by atoms with Crippen LogP contribution in [-0.4, -0.2) is 27.3 Å². The zero-order valence-electron chi connectivity index (χ0n) is 10.3. The molecule has 1 aromatic rings. The van der Waals surface area contributed by atoms with E-state index in [1.54, 1.807) is 27.0 Å².